The number of tetrazole rings is 1. The van der Waals surface area contributed by atoms with Crippen LogP contribution in [-0.4, -0.2) is 49.2 Å². The highest BCUT2D eigenvalue weighted by Gasteiger charge is 2.27. The normalized spacial score (nSPS) is 12.8. The summed E-state index contributed by atoms with van der Waals surface area (Å²) in [5.41, 5.74) is 1.38. The molecule has 4 aromatic rings. The summed E-state index contributed by atoms with van der Waals surface area (Å²) in [6.07, 6.45) is 0.475. The largest absolute Gasteiger partial charge is 0.296 e. The number of carbonyl (C=O) groups is 1. The highest BCUT2D eigenvalue weighted by molar-refractivity contribution is 7.89. The van der Waals surface area contributed by atoms with Gasteiger partial charge in [-0.25, -0.2) is 13.1 Å². The van der Waals surface area contributed by atoms with E-state index in [0.717, 1.165) is 16.5 Å². The second-order valence-electron chi connectivity index (χ2n) is 7.05. The van der Waals surface area contributed by atoms with Crippen LogP contribution in [0.5, 0.6) is 0 Å². The van der Waals surface area contributed by atoms with Crippen molar-refractivity contribution in [3.63, 3.8) is 0 Å². The summed E-state index contributed by atoms with van der Waals surface area (Å²) < 4.78 is 36.4. The first kappa shape index (κ1) is 23.6. The minimum Gasteiger partial charge on any atom is -0.296 e. The van der Waals surface area contributed by atoms with E-state index in [0.29, 0.717) is 26.9 Å². The first-order valence-corrected chi connectivity index (χ1v) is 12.7. The quantitative estimate of drug-likeness (QED) is 0.352. The molecule has 0 bridgehead atoms. The summed E-state index contributed by atoms with van der Waals surface area (Å²) in [5.74, 6) is -0.0847. The Balaban J connectivity index is 1.47. The number of sulfonamides is 1. The minimum absolute atomic E-state index is 0.0298. The van der Waals surface area contributed by atoms with E-state index < -0.39 is 21.8 Å². The Morgan fingerprint density at radius 1 is 1.15 bits per heavy atom. The standard InChI is InChI=1S/C19H17Cl2N7O3S2/c1-2-14(26-33(30,31)17-8-4-7-15-19(17)25-32-24-15)16(29)10-28-23-18(22-27-28)9-11-12(20)5-3-6-13(11)21/h3-8,14,26H,2,9-10H2,1H3. The van der Waals surface area contributed by atoms with Gasteiger partial charge in [-0.3, -0.25) is 4.79 Å². The molecule has 14 heteroatoms. The number of hydrogen-bond donors (Lipinski definition) is 1. The van der Waals surface area contributed by atoms with E-state index in [1.165, 1.54) is 6.07 Å². The number of ketones is 1. The molecular weight excluding hydrogens is 509 g/mol. The maximum atomic E-state index is 12.9. The molecule has 0 aliphatic heterocycles. The van der Waals surface area contributed by atoms with Crippen LogP contribution in [-0.2, 0) is 27.8 Å². The van der Waals surface area contributed by atoms with Crippen molar-refractivity contribution in [1.82, 2.24) is 33.7 Å². The molecule has 2 aromatic heterocycles. The van der Waals surface area contributed by atoms with Crippen LogP contribution in [0, 0.1) is 0 Å². The third kappa shape index (κ3) is 5.20. The molecule has 0 saturated heterocycles. The Hall–Kier alpha value is -2.51. The molecule has 0 aliphatic carbocycles. The second-order valence-corrected chi connectivity index (χ2v) is 10.1. The highest BCUT2D eigenvalue weighted by Crippen LogP contribution is 2.26. The lowest BCUT2D eigenvalue weighted by Gasteiger charge is -2.15. The van der Waals surface area contributed by atoms with E-state index in [-0.39, 0.29) is 29.8 Å². The smallest absolute Gasteiger partial charge is 0.243 e. The number of carbonyl (C=O) groups excluding carboxylic acids is 1. The fourth-order valence-electron chi connectivity index (χ4n) is 3.15. The van der Waals surface area contributed by atoms with Crippen LogP contribution < -0.4 is 4.72 Å². The molecule has 0 fully saturated rings. The average Bonchev–Trinajstić information content (AvgIpc) is 3.43. The third-order valence-electron chi connectivity index (χ3n) is 4.82. The van der Waals surface area contributed by atoms with Crippen LogP contribution in [0.1, 0.15) is 24.7 Å². The van der Waals surface area contributed by atoms with Crippen LogP contribution in [0.4, 0.5) is 0 Å². The topological polar surface area (TPSA) is 133 Å². The molecule has 2 heterocycles. The van der Waals surface area contributed by atoms with Crippen molar-refractivity contribution in [2.45, 2.75) is 37.2 Å². The Labute approximate surface area is 203 Å². The van der Waals surface area contributed by atoms with Gasteiger partial charge in [-0.15, -0.1) is 10.2 Å². The van der Waals surface area contributed by atoms with Crippen molar-refractivity contribution in [2.75, 3.05) is 0 Å². The van der Waals surface area contributed by atoms with Crippen LogP contribution >= 0.6 is 34.9 Å². The van der Waals surface area contributed by atoms with Crippen molar-refractivity contribution in [3.8, 4) is 0 Å². The fraction of sp³-hybridized carbons (Fsp3) is 0.263. The predicted octanol–water partition coefficient (Wildman–Crippen LogP) is 2.90. The molecule has 1 unspecified atom stereocenters. The van der Waals surface area contributed by atoms with Gasteiger partial charge in [0.25, 0.3) is 0 Å². The SMILES string of the molecule is CCC(NS(=O)(=O)c1cccc2nsnc12)C(=O)Cn1nnc(Cc2c(Cl)cccc2Cl)n1. The van der Waals surface area contributed by atoms with E-state index in [1.54, 1.807) is 37.3 Å². The van der Waals surface area contributed by atoms with Gasteiger partial charge in [0.2, 0.25) is 10.0 Å². The molecular formula is C19H17Cl2N7O3S2. The number of nitrogens with zero attached hydrogens (tertiary/aromatic N) is 6. The third-order valence-corrected chi connectivity index (χ3v) is 7.57. The van der Waals surface area contributed by atoms with Crippen molar-refractivity contribution < 1.29 is 13.2 Å². The minimum atomic E-state index is -4.01. The monoisotopic (exact) mass is 525 g/mol. The molecule has 0 aliphatic rings. The molecule has 2 aromatic carbocycles. The molecule has 4 rings (SSSR count). The lowest BCUT2D eigenvalue weighted by Crippen LogP contribution is -2.42. The number of fused-ring (bicyclic) bond motifs is 1. The molecule has 172 valence electrons. The van der Waals surface area contributed by atoms with Gasteiger partial charge in [0, 0.05) is 16.5 Å². The van der Waals surface area contributed by atoms with Crippen LogP contribution in [0.2, 0.25) is 10.0 Å². The Morgan fingerprint density at radius 2 is 1.88 bits per heavy atom. The molecule has 0 amide bonds. The summed E-state index contributed by atoms with van der Waals surface area (Å²) >= 11 is 13.3. The van der Waals surface area contributed by atoms with Crippen molar-refractivity contribution in [3.05, 3.63) is 57.8 Å². The maximum absolute atomic E-state index is 12.9. The Bertz CT molecular complexity index is 1400. The molecule has 1 atom stereocenters. The summed E-state index contributed by atoms with van der Waals surface area (Å²) in [6.45, 7) is 1.45. The Kier molecular flexibility index (Phi) is 7.00. The van der Waals surface area contributed by atoms with E-state index in [1.807, 2.05) is 0 Å². The lowest BCUT2D eigenvalue weighted by atomic mass is 10.1. The molecule has 10 nitrogen and oxygen atoms in total. The van der Waals surface area contributed by atoms with E-state index in [2.05, 4.69) is 28.9 Å². The van der Waals surface area contributed by atoms with E-state index in [9.17, 15) is 13.2 Å². The van der Waals surface area contributed by atoms with Crippen molar-refractivity contribution in [2.24, 2.45) is 0 Å². The van der Waals surface area contributed by atoms with Gasteiger partial charge in [-0.05, 0) is 41.5 Å². The zero-order valence-corrected chi connectivity index (χ0v) is 20.3. The number of aromatic nitrogens is 6. The first-order valence-electron chi connectivity index (χ1n) is 9.74. The number of halogens is 2. The number of Topliss-reactive ketones (excluding diaryl/α,β-unsaturated/α-hetero) is 1. The predicted molar refractivity (Wildman–Crippen MR) is 124 cm³/mol. The number of benzene rings is 2. The molecule has 0 spiro atoms. The summed E-state index contributed by atoms with van der Waals surface area (Å²) in [6, 6.07) is 8.83. The van der Waals surface area contributed by atoms with Crippen molar-refractivity contribution >= 4 is 61.8 Å². The van der Waals surface area contributed by atoms with Crippen molar-refractivity contribution in [1.29, 1.82) is 0 Å². The fourth-order valence-corrected chi connectivity index (χ4v) is 5.75. The molecule has 33 heavy (non-hydrogen) atoms. The Morgan fingerprint density at radius 3 is 2.61 bits per heavy atom. The van der Waals surface area contributed by atoms with Crippen LogP contribution in [0.25, 0.3) is 11.0 Å². The molecule has 1 N–H and O–H groups in total. The van der Waals surface area contributed by atoms with Gasteiger partial charge in [0.05, 0.1) is 17.8 Å². The van der Waals surface area contributed by atoms with E-state index in [4.69, 9.17) is 23.2 Å². The molecule has 0 radical (unpaired) electrons. The van der Waals surface area contributed by atoms with Gasteiger partial charge in [-0.1, -0.05) is 42.3 Å². The number of hydrogen-bond acceptors (Lipinski definition) is 9. The highest BCUT2D eigenvalue weighted by atomic mass is 35.5. The van der Waals surface area contributed by atoms with E-state index >= 15 is 0 Å². The van der Waals surface area contributed by atoms with Gasteiger partial charge in [-0.2, -0.15) is 13.5 Å². The van der Waals surface area contributed by atoms with Gasteiger partial charge in [0.15, 0.2) is 11.6 Å². The first-order chi connectivity index (χ1) is 15.8. The number of rotatable bonds is 9. The summed E-state index contributed by atoms with van der Waals surface area (Å²) in [5, 5.41) is 13.0. The zero-order chi connectivity index (χ0) is 23.6. The lowest BCUT2D eigenvalue weighted by molar-refractivity contribution is -0.121. The second kappa shape index (κ2) is 9.77. The number of nitrogens with one attached hydrogen (secondary N) is 1. The maximum Gasteiger partial charge on any atom is 0.243 e. The summed E-state index contributed by atoms with van der Waals surface area (Å²) in [7, 11) is -4.01. The molecule has 0 saturated carbocycles. The summed E-state index contributed by atoms with van der Waals surface area (Å²) in [4.78, 5) is 13.9. The van der Waals surface area contributed by atoms with Crippen LogP contribution in [0.3, 0.4) is 0 Å². The average molecular weight is 526 g/mol. The van der Waals surface area contributed by atoms with Gasteiger partial charge < -0.3 is 0 Å². The van der Waals surface area contributed by atoms with Gasteiger partial charge in [0.1, 0.15) is 22.5 Å². The van der Waals surface area contributed by atoms with Gasteiger partial charge >= 0.3 is 0 Å². The zero-order valence-electron chi connectivity index (χ0n) is 17.1. The van der Waals surface area contributed by atoms with Crippen LogP contribution in [0.15, 0.2) is 41.3 Å².